The summed E-state index contributed by atoms with van der Waals surface area (Å²) in [7, 11) is 0. The normalized spacial score (nSPS) is 15.9. The molecule has 1 aliphatic rings. The van der Waals surface area contributed by atoms with Gasteiger partial charge in [-0.2, -0.15) is 4.68 Å². The zero-order valence-electron chi connectivity index (χ0n) is 15.6. The Hall–Kier alpha value is -3.22. The molecule has 7 heteroatoms. The quantitative estimate of drug-likeness (QED) is 0.540. The predicted molar refractivity (Wildman–Crippen MR) is 106 cm³/mol. The van der Waals surface area contributed by atoms with Gasteiger partial charge in [0.25, 0.3) is 5.91 Å². The lowest BCUT2D eigenvalue weighted by atomic mass is 10.1. The highest BCUT2D eigenvalue weighted by molar-refractivity contribution is 6.18. The van der Waals surface area contributed by atoms with Crippen molar-refractivity contribution in [2.24, 2.45) is 0 Å². The highest BCUT2D eigenvalue weighted by Crippen LogP contribution is 2.22. The minimum atomic E-state index is -0.201. The summed E-state index contributed by atoms with van der Waals surface area (Å²) in [6, 6.07) is 13.3. The lowest BCUT2D eigenvalue weighted by Crippen LogP contribution is -2.36. The van der Waals surface area contributed by atoms with Crippen molar-refractivity contribution in [3.8, 4) is 11.4 Å². The number of hydrogen-bond donors (Lipinski definition) is 1. The molecule has 3 aromatic rings. The van der Waals surface area contributed by atoms with Crippen LogP contribution in [0, 0.1) is 0 Å². The van der Waals surface area contributed by atoms with Crippen LogP contribution in [0.3, 0.4) is 0 Å². The monoisotopic (exact) mass is 377 g/mol. The fraction of sp³-hybridized carbons (Fsp3) is 0.333. The fourth-order valence-corrected chi connectivity index (χ4v) is 3.53. The molecule has 0 spiro atoms. The Morgan fingerprint density at radius 3 is 2.57 bits per heavy atom. The molecule has 0 saturated heterocycles. The summed E-state index contributed by atoms with van der Waals surface area (Å²) in [5.74, 6) is 0.878. The van der Waals surface area contributed by atoms with E-state index in [1.54, 1.807) is 24.5 Å². The molecule has 0 atom stereocenters. The summed E-state index contributed by atoms with van der Waals surface area (Å²) < 4.78 is 6.91. The van der Waals surface area contributed by atoms with Gasteiger partial charge in [0.15, 0.2) is 5.82 Å². The summed E-state index contributed by atoms with van der Waals surface area (Å²) in [6.45, 7) is 0. The van der Waals surface area contributed by atoms with E-state index >= 15 is 0 Å². The van der Waals surface area contributed by atoms with Gasteiger partial charge >= 0.3 is 0 Å². The largest absolute Gasteiger partial charge is 0.465 e. The van der Waals surface area contributed by atoms with Crippen LogP contribution in [0.1, 0.15) is 44.3 Å². The predicted octanol–water partition coefficient (Wildman–Crippen LogP) is 3.77. The third-order valence-corrected chi connectivity index (χ3v) is 4.97. The number of furan rings is 1. The molecule has 28 heavy (non-hydrogen) atoms. The average molecular weight is 377 g/mol. The van der Waals surface area contributed by atoms with Crippen molar-refractivity contribution in [2.45, 2.75) is 44.6 Å². The molecule has 1 aromatic carbocycles. The molecule has 4 rings (SSSR count). The van der Waals surface area contributed by atoms with E-state index in [-0.39, 0.29) is 11.9 Å². The lowest BCUT2D eigenvalue weighted by Gasteiger charge is -2.17. The molecule has 0 aliphatic heterocycles. The number of nitrogens with one attached hydrogen (secondary N) is 1. The summed E-state index contributed by atoms with van der Waals surface area (Å²) in [4.78, 5) is 13.2. The third kappa shape index (κ3) is 4.19. The molecule has 144 valence electrons. The Balaban J connectivity index is 1.67. The number of nitrogens with zero attached hydrogens (tertiary/aromatic N) is 4. The first kappa shape index (κ1) is 18.2. The fourth-order valence-electron chi connectivity index (χ4n) is 3.53. The topological polar surface area (TPSA) is 85.8 Å². The number of aromatic nitrogens is 4. The van der Waals surface area contributed by atoms with Gasteiger partial charge in [-0.1, -0.05) is 56.0 Å². The number of hydrogen-bond acceptors (Lipinski definition) is 5. The van der Waals surface area contributed by atoms with Gasteiger partial charge in [-0.15, -0.1) is 5.10 Å². The van der Waals surface area contributed by atoms with Gasteiger partial charge in [-0.25, -0.2) is 0 Å². The maximum Gasteiger partial charge on any atom is 0.270 e. The Bertz CT molecular complexity index is 923. The van der Waals surface area contributed by atoms with E-state index in [1.807, 2.05) is 30.3 Å². The van der Waals surface area contributed by atoms with Gasteiger partial charge in [0.1, 0.15) is 11.5 Å². The number of carbonyl (C=O) groups excluding carboxylic acids is 1. The van der Waals surface area contributed by atoms with Crippen LogP contribution in [0.25, 0.3) is 23.2 Å². The Labute approximate surface area is 163 Å². The van der Waals surface area contributed by atoms with Gasteiger partial charge in [-0.3, -0.25) is 4.79 Å². The lowest BCUT2D eigenvalue weighted by molar-refractivity contribution is -0.116. The SMILES string of the molecule is O=C(NC1CCCCCC1)C(=Cc1ccco1)n1nnnc1-c1ccccc1. The van der Waals surface area contributed by atoms with Gasteiger partial charge in [-0.05, 0) is 35.4 Å². The minimum Gasteiger partial charge on any atom is -0.465 e. The molecule has 1 saturated carbocycles. The Morgan fingerprint density at radius 1 is 1.07 bits per heavy atom. The summed E-state index contributed by atoms with van der Waals surface area (Å²) in [5, 5.41) is 15.2. The molecule has 1 amide bonds. The molecule has 1 N–H and O–H groups in total. The second kappa shape index (κ2) is 8.65. The number of rotatable bonds is 5. The van der Waals surface area contributed by atoms with Gasteiger partial charge < -0.3 is 9.73 Å². The van der Waals surface area contributed by atoms with Crippen molar-refractivity contribution in [3.05, 3.63) is 54.5 Å². The molecule has 0 radical (unpaired) electrons. The Kier molecular flexibility index (Phi) is 5.61. The summed E-state index contributed by atoms with van der Waals surface area (Å²) in [6.07, 6.45) is 9.99. The molecule has 1 aliphatic carbocycles. The molecular weight excluding hydrogens is 354 g/mol. The second-order valence-electron chi connectivity index (χ2n) is 6.99. The van der Waals surface area contributed by atoms with E-state index < -0.39 is 0 Å². The van der Waals surface area contributed by atoms with Crippen molar-refractivity contribution in [1.29, 1.82) is 0 Å². The first-order valence-electron chi connectivity index (χ1n) is 9.71. The van der Waals surface area contributed by atoms with Crippen LogP contribution in [0.5, 0.6) is 0 Å². The van der Waals surface area contributed by atoms with Crippen molar-refractivity contribution >= 4 is 17.7 Å². The maximum atomic E-state index is 13.2. The average Bonchev–Trinajstić information content (AvgIpc) is 3.35. The Morgan fingerprint density at radius 2 is 1.86 bits per heavy atom. The second-order valence-corrected chi connectivity index (χ2v) is 6.99. The van der Waals surface area contributed by atoms with Crippen LogP contribution in [-0.4, -0.2) is 32.2 Å². The van der Waals surface area contributed by atoms with Crippen molar-refractivity contribution in [1.82, 2.24) is 25.5 Å². The maximum absolute atomic E-state index is 13.2. The smallest absolute Gasteiger partial charge is 0.270 e. The van der Waals surface area contributed by atoms with E-state index in [1.165, 1.54) is 17.5 Å². The van der Waals surface area contributed by atoms with Crippen LogP contribution in [0.4, 0.5) is 0 Å². The highest BCUT2D eigenvalue weighted by atomic mass is 16.3. The first-order valence-corrected chi connectivity index (χ1v) is 9.71. The van der Waals surface area contributed by atoms with Crippen LogP contribution in [-0.2, 0) is 4.79 Å². The van der Waals surface area contributed by atoms with Crippen LogP contribution in [0.15, 0.2) is 53.1 Å². The zero-order valence-corrected chi connectivity index (χ0v) is 15.6. The van der Waals surface area contributed by atoms with E-state index in [0.29, 0.717) is 17.3 Å². The standard InChI is InChI=1S/C21H23N5O2/c27-21(22-17-11-6-1-2-7-12-17)19(15-18-13-8-14-28-18)26-20(23-24-25-26)16-9-4-3-5-10-16/h3-5,8-10,13-15,17H,1-2,6-7,11-12H2,(H,22,27). The van der Waals surface area contributed by atoms with Crippen LogP contribution in [0.2, 0.25) is 0 Å². The molecule has 2 aromatic heterocycles. The van der Waals surface area contributed by atoms with E-state index in [9.17, 15) is 4.79 Å². The van der Waals surface area contributed by atoms with E-state index in [0.717, 1.165) is 31.2 Å². The minimum absolute atomic E-state index is 0.173. The van der Waals surface area contributed by atoms with E-state index in [2.05, 4.69) is 20.8 Å². The number of carbonyl (C=O) groups is 1. The van der Waals surface area contributed by atoms with E-state index in [4.69, 9.17) is 4.42 Å². The summed E-state index contributed by atoms with van der Waals surface area (Å²) in [5.41, 5.74) is 1.17. The number of tetrazole rings is 1. The summed E-state index contributed by atoms with van der Waals surface area (Å²) >= 11 is 0. The van der Waals surface area contributed by atoms with Crippen molar-refractivity contribution in [3.63, 3.8) is 0 Å². The van der Waals surface area contributed by atoms with Crippen molar-refractivity contribution < 1.29 is 9.21 Å². The number of amides is 1. The molecule has 0 unspecified atom stereocenters. The van der Waals surface area contributed by atoms with Gasteiger partial charge in [0, 0.05) is 17.7 Å². The number of benzene rings is 1. The van der Waals surface area contributed by atoms with Gasteiger partial charge in [0.05, 0.1) is 6.26 Å². The van der Waals surface area contributed by atoms with Gasteiger partial charge in [0.2, 0.25) is 0 Å². The molecular formula is C21H23N5O2. The van der Waals surface area contributed by atoms with Crippen LogP contribution < -0.4 is 5.32 Å². The van der Waals surface area contributed by atoms with Crippen molar-refractivity contribution in [2.75, 3.05) is 0 Å². The molecule has 2 heterocycles. The highest BCUT2D eigenvalue weighted by Gasteiger charge is 2.22. The molecule has 0 bridgehead atoms. The molecule has 7 nitrogen and oxygen atoms in total. The van der Waals surface area contributed by atoms with Crippen LogP contribution >= 0.6 is 0 Å². The molecule has 1 fully saturated rings. The third-order valence-electron chi connectivity index (χ3n) is 4.97. The zero-order chi connectivity index (χ0) is 19.2. The first-order chi connectivity index (χ1) is 13.8.